The monoisotopic (exact) mass is 279 g/mol. The molecule has 5 heteroatoms. The SMILES string of the molecule is N#Cc1ccccc1NC(=O)Nc1ccc2c(c1)CCO2. The minimum atomic E-state index is -0.378. The average molecular weight is 279 g/mol. The summed E-state index contributed by atoms with van der Waals surface area (Å²) < 4.78 is 5.42. The van der Waals surface area contributed by atoms with Crippen molar-refractivity contribution in [1.29, 1.82) is 5.26 Å². The number of amides is 2. The van der Waals surface area contributed by atoms with Crippen LogP contribution >= 0.6 is 0 Å². The lowest BCUT2D eigenvalue weighted by Gasteiger charge is -2.09. The van der Waals surface area contributed by atoms with Crippen LogP contribution in [0.5, 0.6) is 5.75 Å². The smallest absolute Gasteiger partial charge is 0.323 e. The number of nitriles is 1. The first-order chi connectivity index (χ1) is 10.3. The molecule has 0 saturated carbocycles. The van der Waals surface area contributed by atoms with Crippen molar-refractivity contribution < 1.29 is 9.53 Å². The van der Waals surface area contributed by atoms with Crippen LogP contribution in [-0.2, 0) is 6.42 Å². The van der Waals surface area contributed by atoms with Gasteiger partial charge in [-0.2, -0.15) is 5.26 Å². The zero-order valence-corrected chi connectivity index (χ0v) is 11.2. The Balaban J connectivity index is 1.71. The summed E-state index contributed by atoms with van der Waals surface area (Å²) in [5.41, 5.74) is 2.70. The first-order valence-corrected chi connectivity index (χ1v) is 6.59. The van der Waals surface area contributed by atoms with Crippen LogP contribution in [0.2, 0.25) is 0 Å². The van der Waals surface area contributed by atoms with Gasteiger partial charge < -0.3 is 15.4 Å². The number of para-hydroxylation sites is 1. The average Bonchev–Trinajstić information content (AvgIpc) is 2.95. The van der Waals surface area contributed by atoms with Crippen molar-refractivity contribution in [2.24, 2.45) is 0 Å². The quantitative estimate of drug-likeness (QED) is 0.886. The van der Waals surface area contributed by atoms with Crippen molar-refractivity contribution in [3.05, 3.63) is 53.6 Å². The molecule has 104 valence electrons. The molecule has 21 heavy (non-hydrogen) atoms. The molecule has 0 radical (unpaired) electrons. The Morgan fingerprint density at radius 3 is 2.90 bits per heavy atom. The van der Waals surface area contributed by atoms with Gasteiger partial charge in [-0.25, -0.2) is 4.79 Å². The molecule has 2 aromatic rings. The second-order valence-corrected chi connectivity index (χ2v) is 4.66. The maximum atomic E-state index is 12.0. The van der Waals surface area contributed by atoms with Gasteiger partial charge in [-0.1, -0.05) is 12.1 Å². The lowest BCUT2D eigenvalue weighted by molar-refractivity contribution is 0.262. The number of rotatable bonds is 2. The number of carbonyl (C=O) groups excluding carboxylic acids is 1. The molecule has 0 fully saturated rings. The molecule has 5 nitrogen and oxygen atoms in total. The summed E-state index contributed by atoms with van der Waals surface area (Å²) in [7, 11) is 0. The zero-order chi connectivity index (χ0) is 14.7. The third-order valence-corrected chi connectivity index (χ3v) is 3.24. The van der Waals surface area contributed by atoms with E-state index in [1.807, 2.05) is 18.2 Å². The topological polar surface area (TPSA) is 74.2 Å². The van der Waals surface area contributed by atoms with Crippen LogP contribution in [0.4, 0.5) is 16.2 Å². The van der Waals surface area contributed by atoms with Gasteiger partial charge in [-0.3, -0.25) is 0 Å². The molecule has 2 aromatic carbocycles. The van der Waals surface area contributed by atoms with Crippen molar-refractivity contribution >= 4 is 17.4 Å². The predicted octanol–water partition coefficient (Wildman–Crippen LogP) is 3.14. The van der Waals surface area contributed by atoms with E-state index in [2.05, 4.69) is 10.6 Å². The van der Waals surface area contributed by atoms with Crippen LogP contribution in [0.25, 0.3) is 0 Å². The fourth-order valence-corrected chi connectivity index (χ4v) is 2.24. The maximum absolute atomic E-state index is 12.0. The summed E-state index contributed by atoms with van der Waals surface area (Å²) in [5.74, 6) is 0.871. The van der Waals surface area contributed by atoms with Crippen molar-refractivity contribution in [2.75, 3.05) is 17.2 Å². The van der Waals surface area contributed by atoms with E-state index in [0.29, 0.717) is 23.5 Å². The lowest BCUT2D eigenvalue weighted by atomic mass is 10.1. The third-order valence-electron chi connectivity index (χ3n) is 3.24. The number of benzene rings is 2. The number of fused-ring (bicyclic) bond motifs is 1. The van der Waals surface area contributed by atoms with E-state index in [9.17, 15) is 4.79 Å². The molecule has 1 aliphatic heterocycles. The Kier molecular flexibility index (Phi) is 3.44. The summed E-state index contributed by atoms with van der Waals surface area (Å²) >= 11 is 0. The summed E-state index contributed by atoms with van der Waals surface area (Å²) in [6.45, 7) is 0.681. The molecule has 0 unspecified atom stereocenters. The number of nitrogens with zero attached hydrogens (tertiary/aromatic N) is 1. The first-order valence-electron chi connectivity index (χ1n) is 6.59. The zero-order valence-electron chi connectivity index (χ0n) is 11.2. The Bertz CT molecular complexity index is 735. The van der Waals surface area contributed by atoms with Gasteiger partial charge in [0.25, 0.3) is 0 Å². The standard InChI is InChI=1S/C16H13N3O2/c17-10-12-3-1-2-4-14(12)19-16(20)18-13-5-6-15-11(9-13)7-8-21-15/h1-6,9H,7-8H2,(H2,18,19,20). The number of carbonyl (C=O) groups is 1. The van der Waals surface area contributed by atoms with Crippen LogP contribution in [0.15, 0.2) is 42.5 Å². The van der Waals surface area contributed by atoms with Gasteiger partial charge >= 0.3 is 6.03 Å². The molecule has 2 amide bonds. The number of urea groups is 1. The molecule has 1 aliphatic rings. The molecule has 3 rings (SSSR count). The van der Waals surface area contributed by atoms with E-state index in [1.165, 1.54) is 0 Å². The van der Waals surface area contributed by atoms with E-state index in [1.54, 1.807) is 30.3 Å². The van der Waals surface area contributed by atoms with Crippen LogP contribution < -0.4 is 15.4 Å². The molecule has 2 N–H and O–H groups in total. The highest BCUT2D eigenvalue weighted by Crippen LogP contribution is 2.27. The van der Waals surface area contributed by atoms with Crippen molar-refractivity contribution in [3.63, 3.8) is 0 Å². The van der Waals surface area contributed by atoms with E-state index < -0.39 is 0 Å². The van der Waals surface area contributed by atoms with Crippen LogP contribution in [0.1, 0.15) is 11.1 Å². The van der Waals surface area contributed by atoms with E-state index in [-0.39, 0.29) is 6.03 Å². The second-order valence-electron chi connectivity index (χ2n) is 4.66. The Hall–Kier alpha value is -3.00. The molecular weight excluding hydrogens is 266 g/mol. The van der Waals surface area contributed by atoms with Crippen molar-refractivity contribution in [3.8, 4) is 11.8 Å². The Morgan fingerprint density at radius 2 is 2.05 bits per heavy atom. The van der Waals surface area contributed by atoms with Crippen molar-refractivity contribution in [2.45, 2.75) is 6.42 Å². The molecule has 0 saturated heterocycles. The van der Waals surface area contributed by atoms with Crippen LogP contribution in [0.3, 0.4) is 0 Å². The fourth-order valence-electron chi connectivity index (χ4n) is 2.24. The van der Waals surface area contributed by atoms with Crippen LogP contribution in [-0.4, -0.2) is 12.6 Å². The lowest BCUT2D eigenvalue weighted by Crippen LogP contribution is -2.20. The van der Waals surface area contributed by atoms with E-state index in [4.69, 9.17) is 10.00 Å². The van der Waals surface area contributed by atoms with Gasteiger partial charge in [0, 0.05) is 12.1 Å². The Morgan fingerprint density at radius 1 is 1.19 bits per heavy atom. The predicted molar refractivity (Wildman–Crippen MR) is 79.4 cm³/mol. The molecule has 0 atom stereocenters. The number of hydrogen-bond acceptors (Lipinski definition) is 3. The molecule has 0 spiro atoms. The minimum Gasteiger partial charge on any atom is -0.493 e. The summed E-state index contributed by atoms with van der Waals surface area (Å²) in [6, 6.07) is 14.1. The third kappa shape index (κ3) is 2.79. The van der Waals surface area contributed by atoms with Gasteiger partial charge in [-0.05, 0) is 35.9 Å². The molecule has 1 heterocycles. The van der Waals surface area contributed by atoms with Gasteiger partial charge in [0.2, 0.25) is 0 Å². The van der Waals surface area contributed by atoms with E-state index in [0.717, 1.165) is 17.7 Å². The van der Waals surface area contributed by atoms with Gasteiger partial charge in [0.1, 0.15) is 11.8 Å². The summed E-state index contributed by atoms with van der Waals surface area (Å²) in [5, 5.41) is 14.4. The highest BCUT2D eigenvalue weighted by molar-refractivity contribution is 6.00. The molecule has 0 bridgehead atoms. The normalized spacial score (nSPS) is 12.0. The minimum absolute atomic E-state index is 0.378. The highest BCUT2D eigenvalue weighted by Gasteiger charge is 2.13. The highest BCUT2D eigenvalue weighted by atomic mass is 16.5. The molecule has 0 aliphatic carbocycles. The van der Waals surface area contributed by atoms with Gasteiger partial charge in [0.15, 0.2) is 0 Å². The number of hydrogen-bond donors (Lipinski definition) is 2. The van der Waals surface area contributed by atoms with E-state index >= 15 is 0 Å². The van der Waals surface area contributed by atoms with Crippen LogP contribution in [0, 0.1) is 11.3 Å². The van der Waals surface area contributed by atoms with Gasteiger partial charge in [-0.15, -0.1) is 0 Å². The number of anilines is 2. The number of ether oxygens (including phenoxy) is 1. The van der Waals surface area contributed by atoms with Gasteiger partial charge in [0.05, 0.1) is 17.9 Å². The maximum Gasteiger partial charge on any atom is 0.323 e. The molecular formula is C16H13N3O2. The second kappa shape index (κ2) is 5.55. The van der Waals surface area contributed by atoms with Crippen molar-refractivity contribution in [1.82, 2.24) is 0 Å². The number of nitrogens with one attached hydrogen (secondary N) is 2. The molecule has 0 aromatic heterocycles. The summed E-state index contributed by atoms with van der Waals surface area (Å²) in [4.78, 5) is 12.0. The Labute approximate surface area is 122 Å². The largest absolute Gasteiger partial charge is 0.493 e. The fraction of sp³-hybridized carbons (Fsp3) is 0.125. The first kappa shape index (κ1) is 13.0. The summed E-state index contributed by atoms with van der Waals surface area (Å²) in [6.07, 6.45) is 0.851.